The van der Waals surface area contributed by atoms with Crippen molar-refractivity contribution in [3.05, 3.63) is 17.2 Å². The fourth-order valence-corrected chi connectivity index (χ4v) is 2.05. The predicted molar refractivity (Wildman–Crippen MR) is 60.0 cm³/mol. The van der Waals surface area contributed by atoms with E-state index < -0.39 is 0 Å². The van der Waals surface area contributed by atoms with E-state index in [-0.39, 0.29) is 0 Å². The molecule has 0 unspecified atom stereocenters. The summed E-state index contributed by atoms with van der Waals surface area (Å²) in [4.78, 5) is 8.03. The topological polar surface area (TPSA) is 37.9 Å². The fraction of sp³-hybridized carbons (Fsp3) is 0.750. The fourth-order valence-electron chi connectivity index (χ4n) is 2.05. The zero-order chi connectivity index (χ0) is 10.5. The van der Waals surface area contributed by atoms with E-state index in [1.54, 1.807) is 0 Å². The van der Waals surface area contributed by atoms with E-state index in [4.69, 9.17) is 4.74 Å². The summed E-state index contributed by atoms with van der Waals surface area (Å²) in [6, 6.07) is 0. The van der Waals surface area contributed by atoms with Crippen LogP contribution in [-0.4, -0.2) is 23.2 Å². The van der Waals surface area contributed by atoms with E-state index in [9.17, 15) is 0 Å². The third-order valence-electron chi connectivity index (χ3n) is 2.84. The maximum Gasteiger partial charge on any atom is 0.108 e. The van der Waals surface area contributed by atoms with E-state index in [2.05, 4.69) is 16.9 Å². The van der Waals surface area contributed by atoms with E-state index >= 15 is 0 Å². The van der Waals surface area contributed by atoms with Gasteiger partial charge in [0.25, 0.3) is 0 Å². The maximum atomic E-state index is 5.46. The molecule has 0 aliphatic heterocycles. The first-order chi connectivity index (χ1) is 7.40. The molecule has 1 aliphatic carbocycles. The van der Waals surface area contributed by atoms with Gasteiger partial charge in [-0.05, 0) is 32.1 Å². The number of fused-ring (bicyclic) bond motifs is 1. The Morgan fingerprint density at radius 2 is 2.13 bits per heavy atom. The minimum Gasteiger partial charge on any atom is -0.381 e. The van der Waals surface area contributed by atoms with Crippen LogP contribution < -0.4 is 0 Å². The monoisotopic (exact) mass is 208 g/mol. The van der Waals surface area contributed by atoms with Crippen LogP contribution in [0.2, 0.25) is 0 Å². The first-order valence-corrected chi connectivity index (χ1v) is 6.04. The summed E-state index contributed by atoms with van der Waals surface area (Å²) in [6.45, 7) is 3.78. The number of imidazole rings is 1. The number of nitrogens with one attached hydrogen (secondary N) is 1. The predicted octanol–water partition coefficient (Wildman–Crippen LogP) is 2.26. The molecule has 1 heterocycles. The van der Waals surface area contributed by atoms with Gasteiger partial charge in [-0.3, -0.25) is 0 Å². The lowest BCUT2D eigenvalue weighted by Gasteiger charge is -2.07. The number of aromatic amines is 1. The average molecular weight is 208 g/mol. The molecule has 0 saturated heterocycles. The van der Waals surface area contributed by atoms with Gasteiger partial charge in [-0.25, -0.2) is 4.98 Å². The number of nitrogens with zero attached hydrogens (tertiary/aromatic N) is 1. The van der Waals surface area contributed by atoms with Gasteiger partial charge in [0.1, 0.15) is 5.82 Å². The zero-order valence-electron chi connectivity index (χ0n) is 9.51. The van der Waals surface area contributed by atoms with Gasteiger partial charge in [0, 0.05) is 18.7 Å². The van der Waals surface area contributed by atoms with E-state index in [0.29, 0.717) is 0 Å². The molecule has 0 atom stereocenters. The highest BCUT2D eigenvalue weighted by molar-refractivity contribution is 5.17. The first-order valence-electron chi connectivity index (χ1n) is 6.04. The van der Waals surface area contributed by atoms with Crippen LogP contribution in [0.1, 0.15) is 43.4 Å². The van der Waals surface area contributed by atoms with Crippen LogP contribution in [0.3, 0.4) is 0 Å². The molecule has 0 spiro atoms. The van der Waals surface area contributed by atoms with Crippen LogP contribution in [0.4, 0.5) is 0 Å². The molecule has 0 bridgehead atoms. The van der Waals surface area contributed by atoms with Crippen LogP contribution in [0.15, 0.2) is 0 Å². The second-order valence-electron chi connectivity index (χ2n) is 4.18. The summed E-state index contributed by atoms with van der Waals surface area (Å²) in [5.74, 6) is 1.11. The highest BCUT2D eigenvalue weighted by Gasteiger charge is 2.13. The second kappa shape index (κ2) is 5.31. The van der Waals surface area contributed by atoms with Crippen molar-refractivity contribution < 1.29 is 4.74 Å². The van der Waals surface area contributed by atoms with Crippen molar-refractivity contribution in [1.29, 1.82) is 0 Å². The van der Waals surface area contributed by atoms with Crippen molar-refractivity contribution in [1.82, 2.24) is 9.97 Å². The Labute approximate surface area is 91.3 Å². The van der Waals surface area contributed by atoms with Crippen molar-refractivity contribution in [2.45, 2.75) is 45.4 Å². The van der Waals surface area contributed by atoms with Crippen molar-refractivity contribution in [3.8, 4) is 0 Å². The van der Waals surface area contributed by atoms with E-state index in [0.717, 1.165) is 38.3 Å². The molecule has 0 saturated carbocycles. The van der Waals surface area contributed by atoms with E-state index in [1.807, 2.05) is 0 Å². The lowest BCUT2D eigenvalue weighted by Crippen LogP contribution is -2.00. The lowest BCUT2D eigenvalue weighted by atomic mass is 10.0. The Kier molecular flexibility index (Phi) is 3.78. The molecule has 84 valence electrons. The standard InChI is InChI=1S/C12H20N2O/c1-2-8-15-9-7-12-13-10-5-3-4-6-11(10)14-12/h2-9H2,1H3,(H,13,14). The molecule has 0 fully saturated rings. The summed E-state index contributed by atoms with van der Waals surface area (Å²) in [7, 11) is 0. The molecule has 15 heavy (non-hydrogen) atoms. The normalized spacial score (nSPS) is 15.3. The number of rotatable bonds is 5. The molecule has 2 rings (SSSR count). The summed E-state index contributed by atoms with van der Waals surface area (Å²) >= 11 is 0. The van der Waals surface area contributed by atoms with Gasteiger partial charge in [0.15, 0.2) is 0 Å². The van der Waals surface area contributed by atoms with E-state index in [1.165, 1.54) is 30.7 Å². The number of H-pyrrole nitrogens is 1. The van der Waals surface area contributed by atoms with Gasteiger partial charge in [-0.1, -0.05) is 6.92 Å². The molecule has 1 aromatic rings. The molecular formula is C12H20N2O. The van der Waals surface area contributed by atoms with Gasteiger partial charge in [-0.15, -0.1) is 0 Å². The highest BCUT2D eigenvalue weighted by atomic mass is 16.5. The number of ether oxygens (including phenoxy) is 1. The van der Waals surface area contributed by atoms with Crippen LogP contribution >= 0.6 is 0 Å². The zero-order valence-corrected chi connectivity index (χ0v) is 9.51. The van der Waals surface area contributed by atoms with Crippen LogP contribution in [-0.2, 0) is 24.0 Å². The first kappa shape index (κ1) is 10.7. The minimum atomic E-state index is 0.792. The van der Waals surface area contributed by atoms with Gasteiger partial charge in [-0.2, -0.15) is 0 Å². The molecule has 3 nitrogen and oxygen atoms in total. The number of hydrogen-bond acceptors (Lipinski definition) is 2. The van der Waals surface area contributed by atoms with Gasteiger partial charge in [0.2, 0.25) is 0 Å². The molecule has 0 aromatic carbocycles. The van der Waals surface area contributed by atoms with Crippen molar-refractivity contribution in [3.63, 3.8) is 0 Å². The Hall–Kier alpha value is -0.830. The highest BCUT2D eigenvalue weighted by Crippen LogP contribution is 2.18. The van der Waals surface area contributed by atoms with Crippen LogP contribution in [0, 0.1) is 0 Å². The smallest absolute Gasteiger partial charge is 0.108 e. The average Bonchev–Trinajstić information content (AvgIpc) is 2.67. The Morgan fingerprint density at radius 3 is 2.93 bits per heavy atom. The molecular weight excluding hydrogens is 188 g/mol. The quantitative estimate of drug-likeness (QED) is 0.754. The third kappa shape index (κ3) is 2.81. The lowest BCUT2D eigenvalue weighted by molar-refractivity contribution is 0.137. The van der Waals surface area contributed by atoms with Crippen molar-refractivity contribution in [2.24, 2.45) is 0 Å². The molecule has 1 N–H and O–H groups in total. The second-order valence-corrected chi connectivity index (χ2v) is 4.18. The molecule has 1 aliphatic rings. The molecule has 0 amide bonds. The number of aromatic nitrogens is 2. The number of hydrogen-bond donors (Lipinski definition) is 1. The third-order valence-corrected chi connectivity index (χ3v) is 2.84. The van der Waals surface area contributed by atoms with Crippen LogP contribution in [0.5, 0.6) is 0 Å². The Balaban J connectivity index is 1.84. The van der Waals surface area contributed by atoms with Crippen molar-refractivity contribution in [2.75, 3.05) is 13.2 Å². The number of aryl methyl sites for hydroxylation is 2. The van der Waals surface area contributed by atoms with Gasteiger partial charge in [0.05, 0.1) is 12.3 Å². The largest absolute Gasteiger partial charge is 0.381 e. The molecule has 3 heteroatoms. The summed E-state index contributed by atoms with van der Waals surface area (Å²) < 4.78 is 5.46. The summed E-state index contributed by atoms with van der Waals surface area (Å²) in [5, 5.41) is 0. The molecule has 1 aromatic heterocycles. The molecule has 0 radical (unpaired) electrons. The summed E-state index contributed by atoms with van der Waals surface area (Å²) in [5.41, 5.74) is 2.67. The minimum absolute atomic E-state index is 0.792. The Bertz CT molecular complexity index is 283. The summed E-state index contributed by atoms with van der Waals surface area (Å²) in [6.07, 6.45) is 6.95. The van der Waals surface area contributed by atoms with Gasteiger partial charge < -0.3 is 9.72 Å². The van der Waals surface area contributed by atoms with Crippen LogP contribution in [0.25, 0.3) is 0 Å². The Morgan fingerprint density at radius 1 is 1.27 bits per heavy atom. The SMILES string of the molecule is CCCOCCc1nc2c([nH]1)CCCC2. The maximum absolute atomic E-state index is 5.46. The van der Waals surface area contributed by atoms with Crippen molar-refractivity contribution >= 4 is 0 Å². The van der Waals surface area contributed by atoms with Gasteiger partial charge >= 0.3 is 0 Å².